The summed E-state index contributed by atoms with van der Waals surface area (Å²) in [5.74, 6) is 1.24. The van der Waals surface area contributed by atoms with E-state index < -0.39 is 0 Å². The van der Waals surface area contributed by atoms with E-state index in [1.165, 1.54) is 6.26 Å². The maximum atomic E-state index is 12.3. The van der Waals surface area contributed by atoms with Gasteiger partial charge in [0.05, 0.1) is 19.5 Å². The van der Waals surface area contributed by atoms with Gasteiger partial charge in [-0.15, -0.1) is 24.0 Å². The highest BCUT2D eigenvalue weighted by atomic mass is 127. The molecule has 1 fully saturated rings. The lowest BCUT2D eigenvalue weighted by Crippen LogP contribution is -2.53. The lowest BCUT2D eigenvalue weighted by molar-refractivity contribution is 0.0656. The van der Waals surface area contributed by atoms with Crippen LogP contribution < -0.4 is 5.32 Å². The molecule has 1 saturated heterocycles. The molecule has 9 heteroatoms. The highest BCUT2D eigenvalue weighted by Crippen LogP contribution is 2.09. The van der Waals surface area contributed by atoms with Crippen LogP contribution in [0.1, 0.15) is 23.9 Å². The number of methoxy groups -OCH3 is 1. The maximum Gasteiger partial charge on any atom is 0.289 e. The molecule has 8 nitrogen and oxygen atoms in total. The number of nitrogens with zero attached hydrogens (tertiary/aromatic N) is 3. The Morgan fingerprint density at radius 1 is 1.22 bits per heavy atom. The van der Waals surface area contributed by atoms with Crippen molar-refractivity contribution in [3.8, 4) is 0 Å². The number of aliphatic imine (C=N–C) groups is 1. The second-order valence-corrected chi connectivity index (χ2v) is 5.95. The van der Waals surface area contributed by atoms with Crippen molar-refractivity contribution in [3.63, 3.8) is 0 Å². The average Bonchev–Trinajstić information content (AvgIpc) is 3.21. The number of nitrogens with one attached hydrogen (secondary N) is 1. The standard InChI is InChI=1S/C18H30N4O4.HI/c1-3-19-18(20-7-5-12-25-15-14-24-2)22-10-8-21(9-11-22)17(23)16-6-4-13-26-16;/h4,6,13H,3,5,7-12,14-15H2,1-2H3,(H,19,20);1H. The van der Waals surface area contributed by atoms with Crippen molar-refractivity contribution >= 4 is 35.8 Å². The number of hydrogen-bond donors (Lipinski definition) is 1. The average molecular weight is 494 g/mol. The Kier molecular flexibility index (Phi) is 12.1. The second-order valence-electron chi connectivity index (χ2n) is 5.95. The van der Waals surface area contributed by atoms with Gasteiger partial charge in [-0.05, 0) is 25.5 Å². The quantitative estimate of drug-likeness (QED) is 0.244. The molecular weight excluding hydrogens is 463 g/mol. The molecule has 1 aliphatic heterocycles. The molecule has 27 heavy (non-hydrogen) atoms. The third kappa shape index (κ3) is 8.06. The van der Waals surface area contributed by atoms with E-state index in [0.29, 0.717) is 45.2 Å². The van der Waals surface area contributed by atoms with Crippen molar-refractivity contribution < 1.29 is 18.7 Å². The predicted octanol–water partition coefficient (Wildman–Crippen LogP) is 1.67. The minimum atomic E-state index is -0.0511. The SMILES string of the molecule is CCNC(=NCCCOCCOC)N1CCN(C(=O)c2ccco2)CC1.I. The number of guanidine groups is 1. The van der Waals surface area contributed by atoms with Crippen LogP contribution >= 0.6 is 24.0 Å². The van der Waals surface area contributed by atoms with Crippen molar-refractivity contribution in [1.82, 2.24) is 15.1 Å². The van der Waals surface area contributed by atoms with Gasteiger partial charge < -0.3 is 29.0 Å². The molecule has 0 aromatic carbocycles. The Morgan fingerprint density at radius 3 is 2.59 bits per heavy atom. The topological polar surface area (TPSA) is 79.5 Å². The predicted molar refractivity (Wildman–Crippen MR) is 115 cm³/mol. The highest BCUT2D eigenvalue weighted by molar-refractivity contribution is 14.0. The molecule has 1 aromatic heterocycles. The fourth-order valence-corrected chi connectivity index (χ4v) is 2.70. The fraction of sp³-hybridized carbons (Fsp3) is 0.667. The smallest absolute Gasteiger partial charge is 0.289 e. The van der Waals surface area contributed by atoms with E-state index in [4.69, 9.17) is 13.9 Å². The first kappa shape index (κ1) is 23.7. The largest absolute Gasteiger partial charge is 0.459 e. The van der Waals surface area contributed by atoms with Crippen molar-refractivity contribution in [3.05, 3.63) is 24.2 Å². The van der Waals surface area contributed by atoms with Crippen LogP contribution in [0.3, 0.4) is 0 Å². The van der Waals surface area contributed by atoms with Gasteiger partial charge in [-0.3, -0.25) is 9.79 Å². The van der Waals surface area contributed by atoms with Gasteiger partial charge in [0, 0.05) is 53.0 Å². The number of amides is 1. The lowest BCUT2D eigenvalue weighted by atomic mass is 10.3. The molecule has 0 bridgehead atoms. The van der Waals surface area contributed by atoms with Crippen LogP contribution in [0.15, 0.2) is 27.8 Å². The Hall–Kier alpha value is -1.33. The van der Waals surface area contributed by atoms with E-state index in [9.17, 15) is 4.79 Å². The van der Waals surface area contributed by atoms with Crippen molar-refractivity contribution in [2.24, 2.45) is 4.99 Å². The second kappa shape index (κ2) is 13.8. The first-order chi connectivity index (χ1) is 12.8. The van der Waals surface area contributed by atoms with Crippen LogP contribution in [-0.2, 0) is 9.47 Å². The Balaban J connectivity index is 0.00000364. The van der Waals surface area contributed by atoms with Gasteiger partial charge in [0.1, 0.15) is 0 Å². The van der Waals surface area contributed by atoms with Crippen molar-refractivity contribution in [2.45, 2.75) is 13.3 Å². The zero-order valence-corrected chi connectivity index (χ0v) is 18.5. The monoisotopic (exact) mass is 494 g/mol. The number of carbonyl (C=O) groups is 1. The molecule has 1 N–H and O–H groups in total. The van der Waals surface area contributed by atoms with Crippen LogP contribution in [0.4, 0.5) is 0 Å². The van der Waals surface area contributed by atoms with E-state index in [1.54, 1.807) is 19.2 Å². The Morgan fingerprint density at radius 2 is 1.96 bits per heavy atom. The Bertz CT molecular complexity index is 546. The normalized spacial score (nSPS) is 14.8. The van der Waals surface area contributed by atoms with Gasteiger partial charge in [-0.25, -0.2) is 0 Å². The van der Waals surface area contributed by atoms with Crippen LogP contribution in [-0.4, -0.2) is 87.9 Å². The van der Waals surface area contributed by atoms with Gasteiger partial charge in [-0.2, -0.15) is 0 Å². The summed E-state index contributed by atoms with van der Waals surface area (Å²) < 4.78 is 15.6. The zero-order chi connectivity index (χ0) is 18.6. The van der Waals surface area contributed by atoms with Gasteiger partial charge >= 0.3 is 0 Å². The zero-order valence-electron chi connectivity index (χ0n) is 16.2. The van der Waals surface area contributed by atoms with Gasteiger partial charge in [-0.1, -0.05) is 0 Å². The van der Waals surface area contributed by atoms with E-state index in [1.807, 2.05) is 4.90 Å². The number of halogens is 1. The molecule has 1 aromatic rings. The van der Waals surface area contributed by atoms with Crippen LogP contribution in [0.25, 0.3) is 0 Å². The summed E-state index contributed by atoms with van der Waals surface area (Å²) >= 11 is 0. The fourth-order valence-electron chi connectivity index (χ4n) is 2.70. The third-order valence-corrected chi connectivity index (χ3v) is 4.07. The highest BCUT2D eigenvalue weighted by Gasteiger charge is 2.25. The van der Waals surface area contributed by atoms with Crippen LogP contribution in [0.5, 0.6) is 0 Å². The molecular formula is C18H31IN4O4. The molecule has 1 amide bonds. The summed E-state index contributed by atoms with van der Waals surface area (Å²) in [5, 5.41) is 3.33. The minimum Gasteiger partial charge on any atom is -0.459 e. The summed E-state index contributed by atoms with van der Waals surface area (Å²) in [6.45, 7) is 8.31. The van der Waals surface area contributed by atoms with Crippen molar-refractivity contribution in [1.29, 1.82) is 0 Å². The third-order valence-electron chi connectivity index (χ3n) is 4.07. The molecule has 2 heterocycles. The molecule has 0 saturated carbocycles. The molecule has 154 valence electrons. The first-order valence-corrected chi connectivity index (χ1v) is 9.19. The molecule has 2 rings (SSSR count). The molecule has 1 aliphatic rings. The summed E-state index contributed by atoms with van der Waals surface area (Å²) in [6, 6.07) is 3.44. The molecule has 0 atom stereocenters. The Labute approximate surface area is 178 Å². The van der Waals surface area contributed by atoms with Crippen molar-refractivity contribution in [2.75, 3.05) is 66.2 Å². The van der Waals surface area contributed by atoms with Gasteiger partial charge in [0.25, 0.3) is 5.91 Å². The summed E-state index contributed by atoms with van der Waals surface area (Å²) in [5.41, 5.74) is 0. The molecule has 0 radical (unpaired) electrons. The summed E-state index contributed by atoms with van der Waals surface area (Å²) in [7, 11) is 1.66. The van der Waals surface area contributed by atoms with E-state index >= 15 is 0 Å². The lowest BCUT2D eigenvalue weighted by Gasteiger charge is -2.36. The van der Waals surface area contributed by atoms with E-state index in [-0.39, 0.29) is 29.9 Å². The van der Waals surface area contributed by atoms with Crippen LogP contribution in [0.2, 0.25) is 0 Å². The first-order valence-electron chi connectivity index (χ1n) is 9.19. The van der Waals surface area contributed by atoms with E-state index in [0.717, 1.165) is 32.0 Å². The summed E-state index contributed by atoms with van der Waals surface area (Å²) in [6.07, 6.45) is 2.40. The van der Waals surface area contributed by atoms with Gasteiger partial charge in [0.2, 0.25) is 0 Å². The summed E-state index contributed by atoms with van der Waals surface area (Å²) in [4.78, 5) is 21.0. The molecule has 0 unspecified atom stereocenters. The molecule has 0 aliphatic carbocycles. The number of ether oxygens (including phenoxy) is 2. The van der Waals surface area contributed by atoms with Crippen LogP contribution in [0, 0.1) is 0 Å². The van der Waals surface area contributed by atoms with E-state index in [2.05, 4.69) is 22.1 Å². The number of rotatable bonds is 9. The number of hydrogen-bond acceptors (Lipinski definition) is 5. The maximum absolute atomic E-state index is 12.3. The van der Waals surface area contributed by atoms with Gasteiger partial charge in [0.15, 0.2) is 11.7 Å². The number of carbonyl (C=O) groups excluding carboxylic acids is 1. The number of furan rings is 1. The number of piperazine rings is 1. The minimum absolute atomic E-state index is 0. The molecule has 0 spiro atoms.